The van der Waals surface area contributed by atoms with Gasteiger partial charge in [-0.2, -0.15) is 5.10 Å². The van der Waals surface area contributed by atoms with E-state index >= 15 is 0 Å². The summed E-state index contributed by atoms with van der Waals surface area (Å²) in [6.07, 6.45) is 3.38. The minimum Gasteiger partial charge on any atom is -0.381 e. The second kappa shape index (κ2) is 4.23. The van der Waals surface area contributed by atoms with Crippen LogP contribution in [0.3, 0.4) is 0 Å². The molecule has 1 aliphatic rings. The maximum atomic E-state index is 10.4. The standard InChI is InChI=1S/C10H15BrN2O2/c1-2-4-13-9(8(11)6-12-13)10(14)3-5-15-7-10/h6,14H,2-5,7H2,1H3. The highest BCUT2D eigenvalue weighted by atomic mass is 79.9. The molecule has 0 spiro atoms. The summed E-state index contributed by atoms with van der Waals surface area (Å²) in [7, 11) is 0. The van der Waals surface area contributed by atoms with Crippen LogP contribution in [0.15, 0.2) is 10.7 Å². The van der Waals surface area contributed by atoms with Gasteiger partial charge in [-0.15, -0.1) is 0 Å². The van der Waals surface area contributed by atoms with Crippen molar-refractivity contribution in [1.82, 2.24) is 9.78 Å². The van der Waals surface area contributed by atoms with E-state index in [1.807, 2.05) is 4.68 Å². The molecule has 15 heavy (non-hydrogen) atoms. The van der Waals surface area contributed by atoms with Crippen molar-refractivity contribution in [1.29, 1.82) is 0 Å². The summed E-state index contributed by atoms with van der Waals surface area (Å²) in [5, 5.41) is 14.7. The van der Waals surface area contributed by atoms with Crippen LogP contribution in [-0.4, -0.2) is 28.1 Å². The largest absolute Gasteiger partial charge is 0.381 e. The Hall–Kier alpha value is -0.390. The lowest BCUT2D eigenvalue weighted by atomic mass is 9.99. The van der Waals surface area contributed by atoms with E-state index < -0.39 is 5.60 Å². The molecule has 0 radical (unpaired) electrons. The normalized spacial score (nSPS) is 26.1. The summed E-state index contributed by atoms with van der Waals surface area (Å²) >= 11 is 3.43. The summed E-state index contributed by atoms with van der Waals surface area (Å²) in [4.78, 5) is 0. The summed E-state index contributed by atoms with van der Waals surface area (Å²) in [5.74, 6) is 0. The molecular formula is C10H15BrN2O2. The molecule has 5 heteroatoms. The third-order valence-corrected chi connectivity index (χ3v) is 3.25. The van der Waals surface area contributed by atoms with Gasteiger partial charge in [0.1, 0.15) is 5.60 Å². The van der Waals surface area contributed by atoms with Crippen LogP contribution in [0.2, 0.25) is 0 Å². The first-order valence-electron chi connectivity index (χ1n) is 5.19. The van der Waals surface area contributed by atoms with Crippen LogP contribution in [0.5, 0.6) is 0 Å². The van der Waals surface area contributed by atoms with E-state index in [1.54, 1.807) is 6.20 Å². The zero-order chi connectivity index (χ0) is 10.9. The molecule has 2 heterocycles. The van der Waals surface area contributed by atoms with Gasteiger partial charge in [0.2, 0.25) is 0 Å². The van der Waals surface area contributed by atoms with Crippen LogP contribution < -0.4 is 0 Å². The van der Waals surface area contributed by atoms with Crippen molar-refractivity contribution < 1.29 is 9.84 Å². The number of ether oxygens (including phenoxy) is 1. The second-order valence-corrected chi connectivity index (χ2v) is 4.75. The fourth-order valence-corrected chi connectivity index (χ4v) is 2.61. The minimum atomic E-state index is -0.871. The average molecular weight is 275 g/mol. The lowest BCUT2D eigenvalue weighted by Gasteiger charge is -2.22. The molecular weight excluding hydrogens is 260 g/mol. The Bertz CT molecular complexity index is 345. The molecule has 0 amide bonds. The smallest absolute Gasteiger partial charge is 0.133 e. The third kappa shape index (κ3) is 1.96. The van der Waals surface area contributed by atoms with E-state index in [4.69, 9.17) is 4.74 Å². The zero-order valence-electron chi connectivity index (χ0n) is 8.74. The molecule has 1 aromatic rings. The first kappa shape index (κ1) is 11.1. The SMILES string of the molecule is CCCn1ncc(Br)c1C1(O)CCOC1. The highest BCUT2D eigenvalue weighted by Crippen LogP contribution is 2.34. The quantitative estimate of drug-likeness (QED) is 0.912. The second-order valence-electron chi connectivity index (χ2n) is 3.90. The van der Waals surface area contributed by atoms with Crippen LogP contribution >= 0.6 is 15.9 Å². The van der Waals surface area contributed by atoms with E-state index in [9.17, 15) is 5.11 Å². The number of hydrogen-bond donors (Lipinski definition) is 1. The monoisotopic (exact) mass is 274 g/mol. The predicted octanol–water partition coefficient (Wildman–Crippen LogP) is 1.66. The van der Waals surface area contributed by atoms with Gasteiger partial charge in [0, 0.05) is 19.6 Å². The van der Waals surface area contributed by atoms with Gasteiger partial charge < -0.3 is 9.84 Å². The molecule has 84 valence electrons. The Labute approximate surface area is 97.4 Å². The van der Waals surface area contributed by atoms with Crippen molar-refractivity contribution in [3.63, 3.8) is 0 Å². The molecule has 0 saturated carbocycles. The highest BCUT2D eigenvalue weighted by molar-refractivity contribution is 9.10. The third-order valence-electron chi connectivity index (χ3n) is 2.67. The number of aryl methyl sites for hydroxylation is 1. The fourth-order valence-electron chi connectivity index (χ4n) is 1.95. The molecule has 1 atom stereocenters. The zero-order valence-corrected chi connectivity index (χ0v) is 10.3. The van der Waals surface area contributed by atoms with Crippen LogP contribution in [-0.2, 0) is 16.9 Å². The summed E-state index contributed by atoms with van der Waals surface area (Å²) in [5.41, 5.74) is -0.0216. The Morgan fingerprint density at radius 2 is 2.53 bits per heavy atom. The summed E-state index contributed by atoms with van der Waals surface area (Å²) in [6, 6.07) is 0. The number of hydrogen-bond acceptors (Lipinski definition) is 3. The van der Waals surface area contributed by atoms with Crippen molar-refractivity contribution in [3.05, 3.63) is 16.4 Å². The van der Waals surface area contributed by atoms with Crippen molar-refractivity contribution >= 4 is 15.9 Å². The lowest BCUT2D eigenvalue weighted by Crippen LogP contribution is -2.30. The molecule has 1 aliphatic heterocycles. The van der Waals surface area contributed by atoms with Gasteiger partial charge >= 0.3 is 0 Å². The molecule has 0 bridgehead atoms. The van der Waals surface area contributed by atoms with Gasteiger partial charge in [-0.1, -0.05) is 6.92 Å². The van der Waals surface area contributed by atoms with Crippen LogP contribution in [0, 0.1) is 0 Å². The highest BCUT2D eigenvalue weighted by Gasteiger charge is 2.38. The average Bonchev–Trinajstić information content (AvgIpc) is 2.75. The topological polar surface area (TPSA) is 47.3 Å². The Morgan fingerprint density at radius 1 is 1.73 bits per heavy atom. The van der Waals surface area contributed by atoms with Gasteiger partial charge in [0.15, 0.2) is 0 Å². The summed E-state index contributed by atoms with van der Waals surface area (Å²) < 4.78 is 7.98. The van der Waals surface area contributed by atoms with Gasteiger partial charge in [-0.05, 0) is 22.4 Å². The Morgan fingerprint density at radius 3 is 3.13 bits per heavy atom. The van der Waals surface area contributed by atoms with E-state index in [0.29, 0.717) is 19.6 Å². The van der Waals surface area contributed by atoms with Crippen molar-refractivity contribution in [2.75, 3.05) is 13.2 Å². The maximum Gasteiger partial charge on any atom is 0.133 e. The molecule has 4 nitrogen and oxygen atoms in total. The van der Waals surface area contributed by atoms with Gasteiger partial charge in [0.05, 0.1) is 23.0 Å². The molecule has 2 rings (SSSR count). The van der Waals surface area contributed by atoms with E-state index in [1.165, 1.54) is 0 Å². The molecule has 1 fully saturated rings. The van der Waals surface area contributed by atoms with Gasteiger partial charge in [-0.25, -0.2) is 0 Å². The molecule has 0 aliphatic carbocycles. The van der Waals surface area contributed by atoms with Gasteiger partial charge in [-0.3, -0.25) is 4.68 Å². The number of halogens is 1. The maximum absolute atomic E-state index is 10.4. The molecule has 1 unspecified atom stereocenters. The number of rotatable bonds is 3. The first-order chi connectivity index (χ1) is 7.17. The number of aliphatic hydroxyl groups is 1. The Kier molecular flexibility index (Phi) is 3.13. The molecule has 0 aromatic carbocycles. The van der Waals surface area contributed by atoms with Crippen LogP contribution in [0.25, 0.3) is 0 Å². The van der Waals surface area contributed by atoms with Gasteiger partial charge in [0.25, 0.3) is 0 Å². The molecule has 1 aromatic heterocycles. The van der Waals surface area contributed by atoms with E-state index in [0.717, 1.165) is 23.1 Å². The predicted molar refractivity (Wildman–Crippen MR) is 59.6 cm³/mol. The minimum absolute atomic E-state index is 0.362. The van der Waals surface area contributed by atoms with Crippen molar-refractivity contribution in [2.45, 2.75) is 31.9 Å². The van der Waals surface area contributed by atoms with E-state index in [2.05, 4.69) is 28.0 Å². The van der Waals surface area contributed by atoms with E-state index in [-0.39, 0.29) is 0 Å². The summed E-state index contributed by atoms with van der Waals surface area (Å²) in [6.45, 7) is 3.89. The number of aromatic nitrogens is 2. The van der Waals surface area contributed by atoms with Crippen molar-refractivity contribution in [3.8, 4) is 0 Å². The van der Waals surface area contributed by atoms with Crippen LogP contribution in [0.1, 0.15) is 25.5 Å². The molecule has 1 N–H and O–H groups in total. The Balaban J connectivity index is 2.36. The first-order valence-corrected chi connectivity index (χ1v) is 5.98. The van der Waals surface area contributed by atoms with Crippen LogP contribution in [0.4, 0.5) is 0 Å². The number of nitrogens with zero attached hydrogens (tertiary/aromatic N) is 2. The fraction of sp³-hybridized carbons (Fsp3) is 0.700. The lowest BCUT2D eigenvalue weighted by molar-refractivity contribution is 0.0146. The molecule has 1 saturated heterocycles. The van der Waals surface area contributed by atoms with Crippen molar-refractivity contribution in [2.24, 2.45) is 0 Å².